The van der Waals surface area contributed by atoms with Crippen molar-refractivity contribution >= 4 is 11.6 Å². The summed E-state index contributed by atoms with van der Waals surface area (Å²) >= 11 is 0. The first-order valence-corrected chi connectivity index (χ1v) is 8.20. The summed E-state index contributed by atoms with van der Waals surface area (Å²) in [5, 5.41) is 6.48. The Bertz CT molecular complexity index is 591. The normalized spacial score (nSPS) is 20.3. The zero-order valence-electron chi connectivity index (χ0n) is 14.7. The molecule has 0 saturated carbocycles. The molecule has 1 unspecified atom stereocenters. The number of benzene rings is 1. The number of nitrogens with zero attached hydrogens (tertiary/aromatic N) is 2. The van der Waals surface area contributed by atoms with Gasteiger partial charge in [-0.1, -0.05) is 17.7 Å². The van der Waals surface area contributed by atoms with Crippen LogP contribution >= 0.6 is 0 Å². The van der Waals surface area contributed by atoms with E-state index in [1.54, 1.807) is 0 Å². The van der Waals surface area contributed by atoms with Crippen molar-refractivity contribution in [2.45, 2.75) is 38.8 Å². The fourth-order valence-electron chi connectivity index (χ4n) is 2.66. The van der Waals surface area contributed by atoms with Gasteiger partial charge in [-0.2, -0.15) is 0 Å². The van der Waals surface area contributed by atoms with Crippen LogP contribution in [-0.2, 0) is 0 Å². The van der Waals surface area contributed by atoms with E-state index < -0.39 is 5.66 Å². The van der Waals surface area contributed by atoms with Gasteiger partial charge in [-0.3, -0.25) is 0 Å². The van der Waals surface area contributed by atoms with Gasteiger partial charge in [-0.15, -0.1) is 0 Å². The summed E-state index contributed by atoms with van der Waals surface area (Å²) in [7, 11) is 4.18. The van der Waals surface area contributed by atoms with Crippen molar-refractivity contribution in [1.29, 1.82) is 0 Å². The molecule has 1 aromatic carbocycles. The molecular formula is C18H29N5. The molecule has 0 spiro atoms. The number of hydrogen-bond acceptors (Lipinski definition) is 5. The van der Waals surface area contributed by atoms with Gasteiger partial charge in [0.2, 0.25) is 5.96 Å². The van der Waals surface area contributed by atoms with Gasteiger partial charge in [0.1, 0.15) is 5.66 Å². The van der Waals surface area contributed by atoms with Crippen molar-refractivity contribution < 1.29 is 0 Å². The minimum absolute atomic E-state index is 0.626. The Labute approximate surface area is 139 Å². The maximum Gasteiger partial charge on any atom is 0.202 e. The first-order chi connectivity index (χ1) is 10.9. The van der Waals surface area contributed by atoms with E-state index in [2.05, 4.69) is 66.7 Å². The highest BCUT2D eigenvalue weighted by molar-refractivity contribution is 5.95. The molecule has 1 aliphatic heterocycles. The van der Waals surface area contributed by atoms with Gasteiger partial charge in [-0.05, 0) is 71.5 Å². The molecular weight excluding hydrogens is 286 g/mol. The largest absolute Gasteiger partial charge is 0.333 e. The smallest absolute Gasteiger partial charge is 0.202 e. The quantitative estimate of drug-likeness (QED) is 0.706. The zero-order chi connectivity index (χ0) is 16.9. The Kier molecular flexibility index (Phi) is 5.80. The van der Waals surface area contributed by atoms with Crippen LogP contribution in [0.5, 0.6) is 0 Å². The molecule has 1 aliphatic rings. The lowest BCUT2D eigenvalue weighted by atomic mass is 10.0. The molecule has 0 saturated heterocycles. The monoisotopic (exact) mass is 315 g/mol. The van der Waals surface area contributed by atoms with Crippen LogP contribution in [0.1, 0.15) is 30.4 Å². The number of unbranched alkanes of at least 4 members (excludes halogenated alkanes) is 1. The van der Waals surface area contributed by atoms with Crippen molar-refractivity contribution in [3.63, 3.8) is 0 Å². The molecule has 4 N–H and O–H groups in total. The standard InChI is InChI=1S/C18H29N5/c1-14-7-8-16(15(2)13-14)21-17-20-11-10-18(19,22-17)9-5-6-12-23(3)4/h7-8,10-11,13H,5-6,9,12,19H2,1-4H3,(H2,20,21,22). The molecule has 2 rings (SSSR count). The summed E-state index contributed by atoms with van der Waals surface area (Å²) in [6.07, 6.45) is 6.85. The molecule has 0 radical (unpaired) electrons. The van der Waals surface area contributed by atoms with Crippen molar-refractivity contribution in [1.82, 2.24) is 10.2 Å². The third kappa shape index (κ3) is 5.37. The molecule has 5 heteroatoms. The highest BCUT2D eigenvalue weighted by Gasteiger charge is 2.23. The average molecular weight is 315 g/mol. The SMILES string of the molecule is Cc1ccc(NC2=NC(N)(CCCCN(C)C)C=CN2)c(C)c1. The van der Waals surface area contributed by atoms with Gasteiger partial charge in [0.25, 0.3) is 0 Å². The van der Waals surface area contributed by atoms with Crippen molar-refractivity contribution in [3.8, 4) is 0 Å². The van der Waals surface area contributed by atoms with Gasteiger partial charge < -0.3 is 21.3 Å². The van der Waals surface area contributed by atoms with Crippen LogP contribution in [0.15, 0.2) is 35.5 Å². The Morgan fingerprint density at radius 2 is 2.04 bits per heavy atom. The van der Waals surface area contributed by atoms with Gasteiger partial charge in [0.05, 0.1) is 0 Å². The third-order valence-corrected chi connectivity index (χ3v) is 3.98. The Morgan fingerprint density at radius 1 is 1.26 bits per heavy atom. The topological polar surface area (TPSA) is 65.7 Å². The lowest BCUT2D eigenvalue weighted by Gasteiger charge is -2.27. The molecule has 0 bridgehead atoms. The molecule has 1 aromatic rings. The highest BCUT2D eigenvalue weighted by Crippen LogP contribution is 2.20. The summed E-state index contributed by atoms with van der Waals surface area (Å²) in [6.45, 7) is 5.26. The van der Waals surface area contributed by atoms with Crippen LogP contribution in [-0.4, -0.2) is 37.2 Å². The fourth-order valence-corrected chi connectivity index (χ4v) is 2.66. The number of nitrogens with one attached hydrogen (secondary N) is 2. The number of guanidine groups is 1. The van der Waals surface area contributed by atoms with E-state index in [-0.39, 0.29) is 0 Å². The van der Waals surface area contributed by atoms with E-state index in [4.69, 9.17) is 5.73 Å². The van der Waals surface area contributed by atoms with E-state index >= 15 is 0 Å². The average Bonchev–Trinajstić information content (AvgIpc) is 2.47. The van der Waals surface area contributed by atoms with E-state index in [1.165, 1.54) is 11.1 Å². The zero-order valence-corrected chi connectivity index (χ0v) is 14.7. The summed E-state index contributed by atoms with van der Waals surface area (Å²) in [5.74, 6) is 0.703. The first-order valence-electron chi connectivity index (χ1n) is 8.20. The lowest BCUT2D eigenvalue weighted by molar-refractivity contribution is 0.376. The second kappa shape index (κ2) is 7.62. The fraction of sp³-hybridized carbons (Fsp3) is 0.500. The van der Waals surface area contributed by atoms with Crippen LogP contribution in [0.25, 0.3) is 0 Å². The van der Waals surface area contributed by atoms with Gasteiger partial charge in [-0.25, -0.2) is 4.99 Å². The first kappa shape index (κ1) is 17.5. The second-order valence-electron chi connectivity index (χ2n) is 6.63. The summed E-state index contributed by atoms with van der Waals surface area (Å²) in [6, 6.07) is 6.31. The highest BCUT2D eigenvalue weighted by atomic mass is 15.2. The number of anilines is 1. The minimum Gasteiger partial charge on any atom is -0.333 e. The number of aryl methyl sites for hydroxylation is 2. The maximum atomic E-state index is 6.41. The molecule has 1 heterocycles. The molecule has 23 heavy (non-hydrogen) atoms. The Hall–Kier alpha value is -1.85. The van der Waals surface area contributed by atoms with Crippen molar-refractivity contribution in [2.24, 2.45) is 10.7 Å². The van der Waals surface area contributed by atoms with E-state index in [1.807, 2.05) is 12.3 Å². The Balaban J connectivity index is 1.98. The van der Waals surface area contributed by atoms with Crippen LogP contribution in [0.3, 0.4) is 0 Å². The summed E-state index contributed by atoms with van der Waals surface area (Å²) in [5.41, 5.74) is 9.28. The van der Waals surface area contributed by atoms with Crippen LogP contribution in [0.2, 0.25) is 0 Å². The third-order valence-electron chi connectivity index (χ3n) is 3.98. The number of nitrogens with two attached hydrogens (primary N) is 1. The molecule has 1 atom stereocenters. The Morgan fingerprint density at radius 3 is 2.74 bits per heavy atom. The van der Waals surface area contributed by atoms with Crippen LogP contribution in [0.4, 0.5) is 5.69 Å². The lowest BCUT2D eigenvalue weighted by Crippen LogP contribution is -2.44. The van der Waals surface area contributed by atoms with Crippen LogP contribution < -0.4 is 16.4 Å². The minimum atomic E-state index is -0.626. The summed E-state index contributed by atoms with van der Waals surface area (Å²) in [4.78, 5) is 6.85. The van der Waals surface area contributed by atoms with Gasteiger partial charge in [0.15, 0.2) is 0 Å². The van der Waals surface area contributed by atoms with Gasteiger partial charge in [0, 0.05) is 11.9 Å². The van der Waals surface area contributed by atoms with Crippen LogP contribution in [0, 0.1) is 13.8 Å². The number of rotatable bonds is 6. The van der Waals surface area contributed by atoms with E-state index in [0.29, 0.717) is 5.96 Å². The maximum absolute atomic E-state index is 6.41. The predicted molar refractivity (Wildman–Crippen MR) is 98.6 cm³/mol. The molecule has 0 amide bonds. The summed E-state index contributed by atoms with van der Waals surface area (Å²) < 4.78 is 0. The van der Waals surface area contributed by atoms with E-state index in [9.17, 15) is 0 Å². The molecule has 0 fully saturated rings. The van der Waals surface area contributed by atoms with Gasteiger partial charge >= 0.3 is 0 Å². The van der Waals surface area contributed by atoms with Crippen molar-refractivity contribution in [3.05, 3.63) is 41.6 Å². The van der Waals surface area contributed by atoms with E-state index in [0.717, 1.165) is 31.5 Å². The molecule has 0 aliphatic carbocycles. The predicted octanol–water partition coefficient (Wildman–Crippen LogP) is 2.58. The molecule has 126 valence electrons. The number of aliphatic imine (C=N–C) groups is 1. The second-order valence-corrected chi connectivity index (χ2v) is 6.63. The van der Waals surface area contributed by atoms with Crippen molar-refractivity contribution in [2.75, 3.05) is 26.0 Å². The molecule has 5 nitrogen and oxygen atoms in total. The molecule has 0 aromatic heterocycles. The number of hydrogen-bond donors (Lipinski definition) is 3.